The van der Waals surface area contributed by atoms with Crippen molar-refractivity contribution in [2.45, 2.75) is 6.04 Å². The summed E-state index contributed by atoms with van der Waals surface area (Å²) in [5, 5.41) is 2.99. The van der Waals surface area contributed by atoms with Gasteiger partial charge in [0.2, 0.25) is 0 Å². The maximum Gasteiger partial charge on any atom is 0.161 e. The Morgan fingerprint density at radius 2 is 1.67 bits per heavy atom. The van der Waals surface area contributed by atoms with Crippen LogP contribution < -0.4 is 14.8 Å². The second-order valence-electron chi connectivity index (χ2n) is 4.50. The number of ether oxygens (including phenoxy) is 2. The Labute approximate surface area is 122 Å². The summed E-state index contributed by atoms with van der Waals surface area (Å²) in [6, 6.07) is 8.18. The van der Waals surface area contributed by atoms with Crippen LogP contribution in [0.1, 0.15) is 17.2 Å². The molecule has 2 rings (SSSR count). The van der Waals surface area contributed by atoms with E-state index in [0.717, 1.165) is 17.7 Å². The lowest BCUT2D eigenvalue weighted by Crippen LogP contribution is -2.19. The first-order valence-corrected chi connectivity index (χ1v) is 6.44. The van der Waals surface area contributed by atoms with Crippen molar-refractivity contribution < 1.29 is 18.3 Å². The van der Waals surface area contributed by atoms with Crippen LogP contribution in [-0.2, 0) is 0 Å². The van der Waals surface area contributed by atoms with Gasteiger partial charge in [-0.2, -0.15) is 0 Å². The number of hydrogen-bond acceptors (Lipinski definition) is 3. The number of methoxy groups -OCH3 is 2. The molecule has 0 heterocycles. The van der Waals surface area contributed by atoms with E-state index in [9.17, 15) is 8.78 Å². The highest BCUT2D eigenvalue weighted by atomic mass is 19.1. The minimum atomic E-state index is -0.486. The van der Waals surface area contributed by atoms with Gasteiger partial charge in [-0.3, -0.25) is 0 Å². The zero-order chi connectivity index (χ0) is 15.4. The highest BCUT2D eigenvalue weighted by Gasteiger charge is 2.18. The van der Waals surface area contributed by atoms with Gasteiger partial charge >= 0.3 is 0 Å². The van der Waals surface area contributed by atoms with Crippen molar-refractivity contribution in [3.63, 3.8) is 0 Å². The monoisotopic (exact) mass is 293 g/mol. The van der Waals surface area contributed by atoms with E-state index in [1.165, 1.54) is 13.2 Å². The maximum absolute atomic E-state index is 14.0. The normalized spacial score (nSPS) is 12.0. The van der Waals surface area contributed by atoms with E-state index in [1.807, 2.05) is 0 Å². The molecule has 0 amide bonds. The summed E-state index contributed by atoms with van der Waals surface area (Å²) < 4.78 is 37.8. The topological polar surface area (TPSA) is 30.5 Å². The minimum Gasteiger partial charge on any atom is -0.493 e. The average molecular weight is 293 g/mol. The number of benzene rings is 2. The molecule has 0 fully saturated rings. The van der Waals surface area contributed by atoms with Crippen LogP contribution in [0.4, 0.5) is 8.78 Å². The molecule has 112 valence electrons. The zero-order valence-corrected chi connectivity index (χ0v) is 12.1. The Hall–Kier alpha value is -2.14. The van der Waals surface area contributed by atoms with Crippen molar-refractivity contribution in [1.29, 1.82) is 0 Å². The molecule has 1 N–H and O–H groups in total. The van der Waals surface area contributed by atoms with E-state index in [0.29, 0.717) is 11.5 Å². The summed E-state index contributed by atoms with van der Waals surface area (Å²) in [5.41, 5.74) is 0.990. The highest BCUT2D eigenvalue weighted by Crippen LogP contribution is 2.33. The van der Waals surface area contributed by atoms with Gasteiger partial charge in [-0.05, 0) is 42.9 Å². The van der Waals surface area contributed by atoms with Gasteiger partial charge in [0.1, 0.15) is 11.6 Å². The molecule has 21 heavy (non-hydrogen) atoms. The number of nitrogens with one attached hydrogen (secondary N) is 1. The molecule has 2 aromatic carbocycles. The summed E-state index contributed by atoms with van der Waals surface area (Å²) in [6.07, 6.45) is 0. The van der Waals surface area contributed by atoms with Crippen LogP contribution in [0.2, 0.25) is 0 Å². The van der Waals surface area contributed by atoms with E-state index in [4.69, 9.17) is 9.47 Å². The van der Waals surface area contributed by atoms with Crippen molar-refractivity contribution in [1.82, 2.24) is 5.32 Å². The quantitative estimate of drug-likeness (QED) is 0.917. The lowest BCUT2D eigenvalue weighted by atomic mass is 9.98. The average Bonchev–Trinajstić information content (AvgIpc) is 2.51. The third-order valence-electron chi connectivity index (χ3n) is 3.30. The molecule has 1 atom stereocenters. The van der Waals surface area contributed by atoms with E-state index < -0.39 is 17.7 Å². The van der Waals surface area contributed by atoms with Crippen molar-refractivity contribution in [2.75, 3.05) is 21.3 Å². The standard InChI is InChI=1S/C16H17F2NO2/c1-19-16(12-9-11(17)5-6-13(12)18)10-4-7-14(20-2)15(8-10)21-3/h4-9,16,19H,1-3H3. The molecule has 0 radical (unpaired) electrons. The van der Waals surface area contributed by atoms with Crippen LogP contribution in [0.5, 0.6) is 11.5 Å². The van der Waals surface area contributed by atoms with E-state index in [1.54, 1.807) is 32.4 Å². The first-order chi connectivity index (χ1) is 10.1. The molecule has 0 saturated heterocycles. The summed E-state index contributed by atoms with van der Waals surface area (Å²) in [7, 11) is 4.75. The van der Waals surface area contributed by atoms with E-state index in [-0.39, 0.29) is 5.56 Å². The Balaban J connectivity index is 2.48. The predicted octanol–water partition coefficient (Wildman–Crippen LogP) is 3.29. The fraction of sp³-hybridized carbons (Fsp3) is 0.250. The Bertz CT molecular complexity index is 632. The highest BCUT2D eigenvalue weighted by molar-refractivity contribution is 5.46. The summed E-state index contributed by atoms with van der Waals surface area (Å²) >= 11 is 0. The van der Waals surface area contributed by atoms with Gasteiger partial charge in [-0.25, -0.2) is 8.78 Å². The molecule has 3 nitrogen and oxygen atoms in total. The second kappa shape index (κ2) is 6.54. The second-order valence-corrected chi connectivity index (χ2v) is 4.50. The van der Waals surface area contributed by atoms with Crippen molar-refractivity contribution in [3.8, 4) is 11.5 Å². The zero-order valence-electron chi connectivity index (χ0n) is 12.1. The van der Waals surface area contributed by atoms with Gasteiger partial charge in [-0.15, -0.1) is 0 Å². The smallest absolute Gasteiger partial charge is 0.161 e. The third-order valence-corrected chi connectivity index (χ3v) is 3.30. The summed E-state index contributed by atoms with van der Waals surface area (Å²) in [4.78, 5) is 0. The molecule has 0 saturated carbocycles. The van der Waals surface area contributed by atoms with Crippen LogP contribution in [0.3, 0.4) is 0 Å². The van der Waals surface area contributed by atoms with Crippen molar-refractivity contribution in [3.05, 3.63) is 59.2 Å². The summed E-state index contributed by atoms with van der Waals surface area (Å²) in [6.45, 7) is 0. The largest absolute Gasteiger partial charge is 0.493 e. The van der Waals surface area contributed by atoms with Crippen LogP contribution in [-0.4, -0.2) is 21.3 Å². The molecule has 5 heteroatoms. The van der Waals surface area contributed by atoms with Crippen LogP contribution in [0.25, 0.3) is 0 Å². The first-order valence-electron chi connectivity index (χ1n) is 6.44. The van der Waals surface area contributed by atoms with Crippen LogP contribution in [0.15, 0.2) is 36.4 Å². The van der Waals surface area contributed by atoms with Crippen LogP contribution in [0, 0.1) is 11.6 Å². The number of halogens is 2. The lowest BCUT2D eigenvalue weighted by molar-refractivity contribution is 0.354. The van der Waals surface area contributed by atoms with Gasteiger partial charge < -0.3 is 14.8 Å². The van der Waals surface area contributed by atoms with Gasteiger partial charge in [0, 0.05) is 5.56 Å². The third kappa shape index (κ3) is 3.13. The molecular weight excluding hydrogens is 276 g/mol. The van der Waals surface area contributed by atoms with Gasteiger partial charge in [-0.1, -0.05) is 6.07 Å². The van der Waals surface area contributed by atoms with E-state index >= 15 is 0 Å². The Kier molecular flexibility index (Phi) is 4.75. The number of rotatable bonds is 5. The maximum atomic E-state index is 14.0. The molecule has 0 aliphatic carbocycles. The Morgan fingerprint density at radius 3 is 2.29 bits per heavy atom. The minimum absolute atomic E-state index is 0.240. The van der Waals surface area contributed by atoms with Gasteiger partial charge in [0.25, 0.3) is 0 Å². The molecule has 0 aromatic heterocycles. The molecular formula is C16H17F2NO2. The lowest BCUT2D eigenvalue weighted by Gasteiger charge is -2.19. The molecule has 0 aliphatic heterocycles. The molecule has 0 spiro atoms. The fourth-order valence-corrected chi connectivity index (χ4v) is 2.27. The Morgan fingerprint density at radius 1 is 0.952 bits per heavy atom. The molecule has 2 aromatic rings. The number of hydrogen-bond donors (Lipinski definition) is 1. The van der Waals surface area contributed by atoms with E-state index in [2.05, 4.69) is 5.32 Å². The molecule has 0 aliphatic rings. The molecule has 1 unspecified atom stereocenters. The van der Waals surface area contributed by atoms with Gasteiger partial charge in [0.15, 0.2) is 11.5 Å². The van der Waals surface area contributed by atoms with Crippen molar-refractivity contribution >= 4 is 0 Å². The SMILES string of the molecule is CNC(c1ccc(OC)c(OC)c1)c1cc(F)ccc1F. The first kappa shape index (κ1) is 15.3. The fourth-order valence-electron chi connectivity index (χ4n) is 2.27. The summed E-state index contributed by atoms with van der Waals surface area (Å²) in [5.74, 6) is 0.167. The van der Waals surface area contributed by atoms with Gasteiger partial charge in [0.05, 0.1) is 20.3 Å². The van der Waals surface area contributed by atoms with Crippen LogP contribution >= 0.6 is 0 Å². The predicted molar refractivity (Wildman–Crippen MR) is 76.8 cm³/mol. The van der Waals surface area contributed by atoms with Crippen molar-refractivity contribution in [2.24, 2.45) is 0 Å². The molecule has 0 bridgehead atoms.